The van der Waals surface area contributed by atoms with Crippen molar-refractivity contribution < 1.29 is 23.5 Å². The van der Waals surface area contributed by atoms with Gasteiger partial charge in [0.1, 0.15) is 4.83 Å². The molecule has 0 aromatic rings. The van der Waals surface area contributed by atoms with Crippen LogP contribution in [-0.4, -0.2) is 43.4 Å². The lowest BCUT2D eigenvalue weighted by Crippen LogP contribution is -2.51. The second-order valence-corrected chi connectivity index (χ2v) is 13.4. The van der Waals surface area contributed by atoms with Crippen LogP contribution in [0.25, 0.3) is 0 Å². The van der Waals surface area contributed by atoms with E-state index in [2.05, 4.69) is 36.7 Å². The smallest absolute Gasteiger partial charge is 0.336 e. The molecule has 0 aliphatic rings. The number of hydrogen-bond donors (Lipinski definition) is 0. The third-order valence-electron chi connectivity index (χ3n) is 3.65. The van der Waals surface area contributed by atoms with Gasteiger partial charge in [-0.2, -0.15) is 0 Å². The van der Waals surface area contributed by atoms with E-state index >= 15 is 0 Å². The molecule has 0 aliphatic heterocycles. The summed E-state index contributed by atoms with van der Waals surface area (Å²) in [5.74, 6) is -1.07. The summed E-state index contributed by atoms with van der Waals surface area (Å²) >= 11 is 3.27. The monoisotopic (exact) mass is 410 g/mol. The molecule has 5 nitrogen and oxygen atoms in total. The van der Waals surface area contributed by atoms with Gasteiger partial charge in [-0.05, 0) is 45.8 Å². The molecule has 0 rings (SSSR count). The fourth-order valence-electron chi connectivity index (χ4n) is 1.44. The van der Waals surface area contributed by atoms with E-state index in [-0.39, 0.29) is 17.2 Å². The van der Waals surface area contributed by atoms with Crippen LogP contribution in [-0.2, 0) is 23.5 Å². The van der Waals surface area contributed by atoms with Crippen molar-refractivity contribution in [3.05, 3.63) is 0 Å². The molecule has 0 radical (unpaired) electrons. The first-order chi connectivity index (χ1) is 10.2. The lowest BCUT2D eigenvalue weighted by atomic mass is 10.2. The van der Waals surface area contributed by atoms with E-state index in [0.717, 1.165) is 0 Å². The maximum Gasteiger partial charge on any atom is 0.336 e. The average molecular weight is 411 g/mol. The van der Waals surface area contributed by atoms with Gasteiger partial charge in [0.2, 0.25) is 0 Å². The fourth-order valence-corrected chi connectivity index (χ4v) is 3.29. The number of hydrogen-bond acceptors (Lipinski definition) is 5. The molecule has 0 saturated carbocycles. The summed E-state index contributed by atoms with van der Waals surface area (Å²) in [4.78, 5) is 23.7. The SMILES string of the molecule is CC(C)OC(=O)[C@@H](Br)[C@@H](O[Si](C)(C)C(C)(C)C)C(=O)OC(C)C. The van der Waals surface area contributed by atoms with E-state index in [0.29, 0.717) is 0 Å². The Morgan fingerprint density at radius 3 is 1.65 bits per heavy atom. The van der Waals surface area contributed by atoms with Crippen molar-refractivity contribution in [1.29, 1.82) is 0 Å². The first-order valence-electron chi connectivity index (χ1n) is 7.92. The van der Waals surface area contributed by atoms with Gasteiger partial charge in [-0.1, -0.05) is 36.7 Å². The standard InChI is InChI=1S/C16H31BrO5Si/c1-10(2)20-14(18)12(17)13(15(19)21-11(3)4)22-23(8,9)16(5,6)7/h10-13H,1-9H3/t12-,13+/m0/s1. The third kappa shape index (κ3) is 7.35. The quantitative estimate of drug-likeness (QED) is 0.359. The molecule has 0 spiro atoms. The van der Waals surface area contributed by atoms with Crippen LogP contribution in [0, 0.1) is 0 Å². The maximum absolute atomic E-state index is 12.4. The summed E-state index contributed by atoms with van der Waals surface area (Å²) in [7, 11) is -2.27. The zero-order valence-corrected chi connectivity index (χ0v) is 18.3. The van der Waals surface area contributed by atoms with E-state index in [9.17, 15) is 9.59 Å². The molecule has 0 saturated heterocycles. The van der Waals surface area contributed by atoms with E-state index in [1.54, 1.807) is 27.7 Å². The number of alkyl halides is 1. The number of halogens is 1. The maximum atomic E-state index is 12.4. The molecular weight excluding hydrogens is 380 g/mol. The highest BCUT2D eigenvalue weighted by atomic mass is 79.9. The Labute approximate surface area is 149 Å². The van der Waals surface area contributed by atoms with Crippen molar-refractivity contribution in [2.45, 2.75) is 89.7 Å². The van der Waals surface area contributed by atoms with Crippen molar-refractivity contribution in [2.24, 2.45) is 0 Å². The first-order valence-corrected chi connectivity index (χ1v) is 11.7. The molecule has 23 heavy (non-hydrogen) atoms. The zero-order valence-electron chi connectivity index (χ0n) is 15.7. The summed E-state index contributed by atoms with van der Waals surface area (Å²) < 4.78 is 16.6. The Hall–Kier alpha value is -0.403. The predicted octanol–water partition coefficient (Wildman–Crippen LogP) is 4.04. The van der Waals surface area contributed by atoms with Crippen molar-refractivity contribution in [3.8, 4) is 0 Å². The van der Waals surface area contributed by atoms with Gasteiger partial charge in [0.15, 0.2) is 14.4 Å². The summed E-state index contributed by atoms with van der Waals surface area (Å²) in [6.45, 7) is 17.3. The number of ether oxygens (including phenoxy) is 2. The van der Waals surface area contributed by atoms with Gasteiger partial charge in [-0.25, -0.2) is 4.79 Å². The van der Waals surface area contributed by atoms with Crippen LogP contribution in [0.15, 0.2) is 0 Å². The number of carbonyl (C=O) groups is 2. The topological polar surface area (TPSA) is 61.8 Å². The third-order valence-corrected chi connectivity index (χ3v) is 8.96. The van der Waals surface area contributed by atoms with Gasteiger partial charge in [0.25, 0.3) is 0 Å². The van der Waals surface area contributed by atoms with Crippen molar-refractivity contribution in [2.75, 3.05) is 0 Å². The summed E-state index contributed by atoms with van der Waals surface area (Å²) in [6, 6.07) is 0. The highest BCUT2D eigenvalue weighted by Crippen LogP contribution is 2.38. The molecule has 136 valence electrons. The Morgan fingerprint density at radius 1 is 0.913 bits per heavy atom. The number of rotatable bonds is 7. The number of carbonyl (C=O) groups excluding carboxylic acids is 2. The Bertz CT molecular complexity index is 415. The van der Waals surface area contributed by atoms with Gasteiger partial charge in [0.05, 0.1) is 12.2 Å². The highest BCUT2D eigenvalue weighted by molar-refractivity contribution is 9.10. The summed E-state index contributed by atoms with van der Waals surface area (Å²) in [6.07, 6.45) is -1.57. The molecule has 0 N–H and O–H groups in total. The van der Waals surface area contributed by atoms with E-state index in [1.165, 1.54) is 0 Å². The Kier molecular flexibility index (Phi) is 8.47. The molecule has 0 fully saturated rings. The first kappa shape index (κ1) is 22.6. The lowest BCUT2D eigenvalue weighted by molar-refractivity contribution is -0.162. The van der Waals surface area contributed by atoms with Crippen LogP contribution >= 0.6 is 15.9 Å². The Morgan fingerprint density at radius 2 is 1.30 bits per heavy atom. The van der Waals surface area contributed by atoms with Crippen molar-refractivity contribution in [1.82, 2.24) is 0 Å². The molecule has 7 heteroatoms. The molecule has 2 atom stereocenters. The zero-order chi connectivity index (χ0) is 18.6. The second-order valence-electron chi connectivity index (χ2n) is 7.67. The minimum Gasteiger partial charge on any atom is -0.462 e. The van der Waals surface area contributed by atoms with Gasteiger partial charge in [-0.3, -0.25) is 4.79 Å². The number of esters is 2. The molecule has 0 heterocycles. The van der Waals surface area contributed by atoms with E-state index in [1.807, 2.05) is 13.1 Å². The van der Waals surface area contributed by atoms with Crippen LogP contribution in [0.5, 0.6) is 0 Å². The predicted molar refractivity (Wildman–Crippen MR) is 97.2 cm³/mol. The van der Waals surface area contributed by atoms with Crippen LogP contribution in [0.1, 0.15) is 48.5 Å². The normalized spacial score (nSPS) is 15.5. The van der Waals surface area contributed by atoms with Crippen molar-refractivity contribution in [3.63, 3.8) is 0 Å². The molecule has 0 bridgehead atoms. The largest absolute Gasteiger partial charge is 0.462 e. The summed E-state index contributed by atoms with van der Waals surface area (Å²) in [5, 5.41) is -0.0992. The fraction of sp³-hybridized carbons (Fsp3) is 0.875. The van der Waals surface area contributed by atoms with Gasteiger partial charge in [-0.15, -0.1) is 0 Å². The van der Waals surface area contributed by atoms with E-state index in [4.69, 9.17) is 13.9 Å². The van der Waals surface area contributed by atoms with Crippen molar-refractivity contribution >= 4 is 36.2 Å². The summed E-state index contributed by atoms with van der Waals surface area (Å²) in [5.41, 5.74) is 0. The van der Waals surface area contributed by atoms with Crippen LogP contribution < -0.4 is 0 Å². The molecule has 0 amide bonds. The van der Waals surface area contributed by atoms with Gasteiger partial charge >= 0.3 is 11.9 Å². The minimum absolute atomic E-state index is 0.0992. The molecule has 0 aromatic heterocycles. The Balaban J connectivity index is 5.40. The van der Waals surface area contributed by atoms with Crippen LogP contribution in [0.3, 0.4) is 0 Å². The van der Waals surface area contributed by atoms with E-state index < -0.39 is 31.2 Å². The molecule has 0 unspecified atom stereocenters. The molecule has 0 aliphatic carbocycles. The van der Waals surface area contributed by atoms with Gasteiger partial charge < -0.3 is 13.9 Å². The minimum atomic E-state index is -2.27. The molecule has 0 aromatic carbocycles. The second kappa shape index (κ2) is 8.62. The van der Waals surface area contributed by atoms with Crippen LogP contribution in [0.2, 0.25) is 18.1 Å². The highest BCUT2D eigenvalue weighted by Gasteiger charge is 2.45. The average Bonchev–Trinajstić information content (AvgIpc) is 2.31. The molecular formula is C16H31BrO5Si. The van der Waals surface area contributed by atoms with Gasteiger partial charge in [0, 0.05) is 0 Å². The van der Waals surface area contributed by atoms with Crippen LogP contribution in [0.4, 0.5) is 0 Å². The lowest BCUT2D eigenvalue weighted by Gasteiger charge is -2.39.